The minimum absolute atomic E-state index is 0.195. The molecule has 1 aliphatic rings. The lowest BCUT2D eigenvalue weighted by Crippen LogP contribution is -2.37. The Kier molecular flexibility index (Phi) is 3.11. The van der Waals surface area contributed by atoms with Crippen LogP contribution in [0.4, 0.5) is 0 Å². The van der Waals surface area contributed by atoms with E-state index < -0.39 is 0 Å². The van der Waals surface area contributed by atoms with E-state index in [0.29, 0.717) is 5.92 Å². The Morgan fingerprint density at radius 3 is 2.56 bits per heavy atom. The largest absolute Gasteiger partial charge is 0.327 e. The molecule has 3 rings (SSSR count). The topological polar surface area (TPSA) is 26.0 Å². The second kappa shape index (κ2) is 4.75. The number of rotatable bonds is 3. The highest BCUT2D eigenvalue weighted by atomic mass is 35.5. The maximum Gasteiger partial charge on any atom is 0.0406 e. The smallest absolute Gasteiger partial charge is 0.0406 e. The molecule has 2 aromatic carbocycles. The molecule has 1 nitrogen and oxygen atoms in total. The van der Waals surface area contributed by atoms with E-state index in [1.165, 1.54) is 16.7 Å². The van der Waals surface area contributed by atoms with Gasteiger partial charge >= 0.3 is 0 Å². The van der Waals surface area contributed by atoms with Crippen LogP contribution in [0.5, 0.6) is 0 Å². The van der Waals surface area contributed by atoms with Gasteiger partial charge in [0.2, 0.25) is 0 Å². The second-order valence-corrected chi connectivity index (χ2v) is 5.44. The summed E-state index contributed by atoms with van der Waals surface area (Å²) in [6.45, 7) is 0. The predicted molar refractivity (Wildman–Crippen MR) is 76.0 cm³/mol. The number of benzene rings is 2. The molecular weight excluding hydrogens is 242 g/mol. The van der Waals surface area contributed by atoms with Crippen molar-refractivity contribution in [2.24, 2.45) is 5.73 Å². The van der Waals surface area contributed by atoms with Crippen LogP contribution in [0.1, 0.15) is 22.6 Å². The summed E-state index contributed by atoms with van der Waals surface area (Å²) in [5.41, 5.74) is 10.5. The average Bonchev–Trinajstić information content (AvgIpc) is 2.34. The quantitative estimate of drug-likeness (QED) is 0.894. The fourth-order valence-electron chi connectivity index (χ4n) is 2.71. The third-order valence-electron chi connectivity index (χ3n) is 3.80. The van der Waals surface area contributed by atoms with Crippen LogP contribution >= 0.6 is 11.6 Å². The molecule has 2 aromatic rings. The lowest BCUT2D eigenvalue weighted by Gasteiger charge is -2.34. The molecule has 0 aromatic heterocycles. The molecule has 0 saturated heterocycles. The first-order chi connectivity index (χ1) is 8.74. The Labute approximate surface area is 113 Å². The van der Waals surface area contributed by atoms with Crippen molar-refractivity contribution in [2.75, 3.05) is 0 Å². The first kappa shape index (κ1) is 11.8. The van der Waals surface area contributed by atoms with Crippen molar-refractivity contribution in [3.8, 4) is 0 Å². The maximum atomic E-state index is 6.33. The molecule has 1 aliphatic carbocycles. The first-order valence-electron chi connectivity index (χ1n) is 6.32. The van der Waals surface area contributed by atoms with Crippen molar-refractivity contribution in [1.82, 2.24) is 0 Å². The molecule has 18 heavy (non-hydrogen) atoms. The number of hydrogen-bond acceptors (Lipinski definition) is 1. The second-order valence-electron chi connectivity index (χ2n) is 5.00. The summed E-state index contributed by atoms with van der Waals surface area (Å²) in [5.74, 6) is 0.511. The molecule has 0 radical (unpaired) electrons. The fourth-order valence-corrected chi connectivity index (χ4v) is 2.84. The Hall–Kier alpha value is -1.31. The van der Waals surface area contributed by atoms with Gasteiger partial charge in [-0.3, -0.25) is 0 Å². The lowest BCUT2D eigenvalue weighted by molar-refractivity contribution is 0.480. The van der Waals surface area contributed by atoms with Crippen LogP contribution in [0.15, 0.2) is 48.5 Å². The molecule has 0 heterocycles. The lowest BCUT2D eigenvalue weighted by atomic mass is 9.72. The van der Waals surface area contributed by atoms with Crippen molar-refractivity contribution < 1.29 is 0 Å². The van der Waals surface area contributed by atoms with E-state index in [0.717, 1.165) is 17.9 Å². The fraction of sp³-hybridized carbons (Fsp3) is 0.250. The molecule has 0 spiro atoms. The summed E-state index contributed by atoms with van der Waals surface area (Å²) in [4.78, 5) is 0. The molecule has 0 amide bonds. The van der Waals surface area contributed by atoms with Crippen LogP contribution in [0.3, 0.4) is 0 Å². The summed E-state index contributed by atoms with van der Waals surface area (Å²) >= 11 is 5.88. The molecule has 0 aliphatic heterocycles. The van der Waals surface area contributed by atoms with Gasteiger partial charge in [-0.15, -0.1) is 0 Å². The van der Waals surface area contributed by atoms with Gasteiger partial charge < -0.3 is 5.73 Å². The van der Waals surface area contributed by atoms with Gasteiger partial charge in [0.15, 0.2) is 0 Å². The highest BCUT2D eigenvalue weighted by molar-refractivity contribution is 6.30. The number of hydrogen-bond donors (Lipinski definition) is 1. The minimum Gasteiger partial charge on any atom is -0.327 e. The summed E-state index contributed by atoms with van der Waals surface area (Å²) in [7, 11) is 0. The first-order valence-corrected chi connectivity index (χ1v) is 6.69. The van der Waals surface area contributed by atoms with Gasteiger partial charge in [-0.2, -0.15) is 0 Å². The van der Waals surface area contributed by atoms with Crippen LogP contribution in [0.25, 0.3) is 0 Å². The zero-order chi connectivity index (χ0) is 12.5. The van der Waals surface area contributed by atoms with Crippen LogP contribution in [0, 0.1) is 0 Å². The van der Waals surface area contributed by atoms with E-state index in [9.17, 15) is 0 Å². The normalized spacial score (nSPS) is 18.9. The molecule has 0 bridgehead atoms. The Morgan fingerprint density at radius 1 is 1.11 bits per heavy atom. The van der Waals surface area contributed by atoms with E-state index >= 15 is 0 Å². The number of halogens is 1. The average molecular weight is 258 g/mol. The van der Waals surface area contributed by atoms with Gasteiger partial charge in [-0.05, 0) is 41.7 Å². The van der Waals surface area contributed by atoms with Crippen molar-refractivity contribution in [3.05, 3.63) is 70.2 Å². The van der Waals surface area contributed by atoms with Crippen molar-refractivity contribution in [1.29, 1.82) is 0 Å². The predicted octanol–water partition coefficient (Wildman–Crippen LogP) is 3.55. The molecule has 2 unspecified atom stereocenters. The molecule has 0 fully saturated rings. The van der Waals surface area contributed by atoms with Gasteiger partial charge in [0, 0.05) is 17.0 Å². The number of fused-ring (bicyclic) bond motifs is 1. The van der Waals surface area contributed by atoms with Gasteiger partial charge in [0.25, 0.3) is 0 Å². The van der Waals surface area contributed by atoms with Gasteiger partial charge in [0.05, 0.1) is 0 Å². The van der Waals surface area contributed by atoms with Crippen LogP contribution in [-0.2, 0) is 12.8 Å². The van der Waals surface area contributed by atoms with E-state index in [4.69, 9.17) is 17.3 Å². The standard InChI is InChI=1S/C16H16ClN/c17-13-7-5-11(6-8-13)9-16(18)15-10-12-3-1-2-4-14(12)15/h1-8,15-16H,9-10,18H2. The summed E-state index contributed by atoms with van der Waals surface area (Å²) in [6, 6.07) is 16.8. The van der Waals surface area contributed by atoms with Gasteiger partial charge in [-0.25, -0.2) is 0 Å². The van der Waals surface area contributed by atoms with E-state index in [2.05, 4.69) is 36.4 Å². The van der Waals surface area contributed by atoms with Crippen molar-refractivity contribution in [3.63, 3.8) is 0 Å². The molecule has 92 valence electrons. The van der Waals surface area contributed by atoms with E-state index in [-0.39, 0.29) is 6.04 Å². The van der Waals surface area contributed by atoms with Gasteiger partial charge in [-0.1, -0.05) is 48.0 Å². The molecular formula is C16H16ClN. The van der Waals surface area contributed by atoms with Crippen molar-refractivity contribution in [2.45, 2.75) is 24.8 Å². The Balaban J connectivity index is 1.70. The maximum absolute atomic E-state index is 6.33. The van der Waals surface area contributed by atoms with Gasteiger partial charge in [0.1, 0.15) is 0 Å². The molecule has 2 atom stereocenters. The molecule has 0 saturated carbocycles. The number of nitrogens with two attached hydrogens (primary N) is 1. The van der Waals surface area contributed by atoms with Crippen LogP contribution in [-0.4, -0.2) is 6.04 Å². The van der Waals surface area contributed by atoms with Crippen LogP contribution < -0.4 is 5.73 Å². The monoisotopic (exact) mass is 257 g/mol. The third-order valence-corrected chi connectivity index (χ3v) is 4.05. The SMILES string of the molecule is NC(Cc1ccc(Cl)cc1)C1Cc2ccccc21. The zero-order valence-electron chi connectivity index (χ0n) is 10.1. The highest BCUT2D eigenvalue weighted by Crippen LogP contribution is 2.37. The Morgan fingerprint density at radius 2 is 1.83 bits per heavy atom. The summed E-state index contributed by atoms with van der Waals surface area (Å²) in [5, 5.41) is 0.779. The van der Waals surface area contributed by atoms with Crippen LogP contribution in [0.2, 0.25) is 5.02 Å². The highest BCUT2D eigenvalue weighted by Gasteiger charge is 2.30. The molecule has 2 heteroatoms. The minimum atomic E-state index is 0.195. The summed E-state index contributed by atoms with van der Waals surface area (Å²) in [6.07, 6.45) is 2.03. The molecule has 2 N–H and O–H groups in total. The zero-order valence-corrected chi connectivity index (χ0v) is 10.9. The third kappa shape index (κ3) is 2.16. The van der Waals surface area contributed by atoms with E-state index in [1.54, 1.807) is 0 Å². The Bertz CT molecular complexity index is 547. The van der Waals surface area contributed by atoms with E-state index in [1.807, 2.05) is 12.1 Å². The summed E-state index contributed by atoms with van der Waals surface area (Å²) < 4.78 is 0. The van der Waals surface area contributed by atoms with Crippen molar-refractivity contribution >= 4 is 11.6 Å².